The maximum absolute atomic E-state index is 12.3. The number of nitrogen functional groups attached to an aromatic ring is 1. The van der Waals surface area contributed by atoms with E-state index in [1.165, 1.54) is 18.9 Å². The quantitative estimate of drug-likeness (QED) is 0.823. The van der Waals surface area contributed by atoms with Crippen molar-refractivity contribution in [2.75, 3.05) is 5.73 Å². The van der Waals surface area contributed by atoms with Crippen molar-refractivity contribution >= 4 is 31.6 Å². The molecule has 6 heteroatoms. The number of hydrogen-bond donors (Lipinski definition) is 2. The van der Waals surface area contributed by atoms with Gasteiger partial charge in [0.15, 0.2) is 0 Å². The van der Waals surface area contributed by atoms with E-state index >= 15 is 0 Å². The van der Waals surface area contributed by atoms with Gasteiger partial charge >= 0.3 is 0 Å². The Hall–Kier alpha value is -0.590. The summed E-state index contributed by atoms with van der Waals surface area (Å²) in [5.41, 5.74) is 6.16. The molecule has 19 heavy (non-hydrogen) atoms. The second-order valence-corrected chi connectivity index (χ2v) is 7.71. The van der Waals surface area contributed by atoms with Crippen molar-refractivity contribution in [1.29, 1.82) is 0 Å². The zero-order valence-electron chi connectivity index (χ0n) is 10.9. The number of benzene rings is 1. The van der Waals surface area contributed by atoms with Crippen LogP contribution in [0.3, 0.4) is 0 Å². The van der Waals surface area contributed by atoms with Crippen LogP contribution < -0.4 is 10.5 Å². The predicted octanol–water partition coefficient (Wildman–Crippen LogP) is 2.89. The molecular weight excluding hydrogens is 328 g/mol. The van der Waals surface area contributed by atoms with E-state index < -0.39 is 10.0 Å². The monoisotopic (exact) mass is 346 g/mol. The summed E-state index contributed by atoms with van der Waals surface area (Å²) in [6.45, 7) is 1.94. The Bertz CT molecular complexity index is 554. The van der Waals surface area contributed by atoms with Gasteiger partial charge in [0.25, 0.3) is 0 Å². The lowest BCUT2D eigenvalue weighted by Gasteiger charge is -2.20. The Morgan fingerprint density at radius 2 is 2.00 bits per heavy atom. The maximum atomic E-state index is 12.3. The Labute approximate surface area is 122 Å². The number of hydrogen-bond acceptors (Lipinski definition) is 3. The summed E-state index contributed by atoms with van der Waals surface area (Å²) in [5, 5.41) is 0. The molecule has 2 rings (SSSR count). The smallest absolute Gasteiger partial charge is 0.240 e. The summed E-state index contributed by atoms with van der Waals surface area (Å²) in [4.78, 5) is 0.220. The van der Waals surface area contributed by atoms with Crippen molar-refractivity contribution in [3.8, 4) is 0 Å². The van der Waals surface area contributed by atoms with Crippen LogP contribution in [0.1, 0.15) is 32.6 Å². The van der Waals surface area contributed by atoms with E-state index in [-0.39, 0.29) is 10.9 Å². The SMILES string of the molecule is CC(NS(=O)(=O)c1ccc(Br)c(N)c1)C1CCCC1. The minimum absolute atomic E-state index is 0.0302. The van der Waals surface area contributed by atoms with Crippen LogP contribution in [0.5, 0.6) is 0 Å². The van der Waals surface area contributed by atoms with Crippen molar-refractivity contribution in [3.05, 3.63) is 22.7 Å². The molecule has 3 N–H and O–H groups in total. The fourth-order valence-corrected chi connectivity index (χ4v) is 4.15. The summed E-state index contributed by atoms with van der Waals surface area (Å²) < 4.78 is 28.0. The minimum atomic E-state index is -3.49. The standard InChI is InChI=1S/C13H19BrN2O2S/c1-9(10-4-2-3-5-10)16-19(17,18)11-6-7-12(14)13(15)8-11/h6-10,16H,2-5,15H2,1H3. The molecule has 1 unspecified atom stereocenters. The van der Waals surface area contributed by atoms with Crippen molar-refractivity contribution in [1.82, 2.24) is 4.72 Å². The first kappa shape index (κ1) is 14.8. The number of halogens is 1. The predicted molar refractivity (Wildman–Crippen MR) is 80.3 cm³/mol. The third kappa shape index (κ3) is 3.49. The van der Waals surface area contributed by atoms with E-state index in [4.69, 9.17) is 5.73 Å². The zero-order chi connectivity index (χ0) is 14.0. The largest absolute Gasteiger partial charge is 0.398 e. The van der Waals surface area contributed by atoms with Crippen LogP contribution in [0.15, 0.2) is 27.6 Å². The van der Waals surface area contributed by atoms with Gasteiger partial charge in [-0.25, -0.2) is 13.1 Å². The summed E-state index contributed by atoms with van der Waals surface area (Å²) in [6.07, 6.45) is 4.60. The molecule has 1 aromatic rings. The van der Waals surface area contributed by atoms with Crippen LogP contribution in [0, 0.1) is 5.92 Å². The molecule has 0 bridgehead atoms. The minimum Gasteiger partial charge on any atom is -0.398 e. The molecule has 1 aliphatic carbocycles. The van der Waals surface area contributed by atoms with Crippen LogP contribution in [0.25, 0.3) is 0 Å². The third-order valence-corrected chi connectivity index (χ3v) is 6.00. The lowest BCUT2D eigenvalue weighted by molar-refractivity contribution is 0.424. The summed E-state index contributed by atoms with van der Waals surface area (Å²) in [7, 11) is -3.49. The number of anilines is 1. The fraction of sp³-hybridized carbons (Fsp3) is 0.538. The van der Waals surface area contributed by atoms with Gasteiger partial charge in [-0.05, 0) is 59.8 Å². The molecule has 1 atom stereocenters. The molecule has 1 fully saturated rings. The lowest BCUT2D eigenvalue weighted by Crippen LogP contribution is -2.37. The van der Waals surface area contributed by atoms with Crippen molar-refractivity contribution in [3.63, 3.8) is 0 Å². The van der Waals surface area contributed by atoms with E-state index in [9.17, 15) is 8.42 Å². The summed E-state index contributed by atoms with van der Waals surface area (Å²) in [5.74, 6) is 0.447. The first-order chi connectivity index (χ1) is 8.90. The number of nitrogens with one attached hydrogen (secondary N) is 1. The third-order valence-electron chi connectivity index (χ3n) is 3.73. The average molecular weight is 347 g/mol. The molecule has 0 spiro atoms. The van der Waals surface area contributed by atoms with Crippen LogP contribution in [0.2, 0.25) is 0 Å². The molecule has 106 valence electrons. The lowest BCUT2D eigenvalue weighted by atomic mass is 10.0. The fourth-order valence-electron chi connectivity index (χ4n) is 2.56. The van der Waals surface area contributed by atoms with E-state index in [0.29, 0.717) is 16.1 Å². The molecule has 0 radical (unpaired) electrons. The van der Waals surface area contributed by atoms with Gasteiger partial charge in [-0.2, -0.15) is 0 Å². The van der Waals surface area contributed by atoms with Crippen molar-refractivity contribution in [2.24, 2.45) is 5.92 Å². The molecule has 1 saturated carbocycles. The molecular formula is C13H19BrN2O2S. The molecule has 0 aliphatic heterocycles. The van der Waals surface area contributed by atoms with Crippen molar-refractivity contribution in [2.45, 2.75) is 43.5 Å². The van der Waals surface area contributed by atoms with Crippen molar-refractivity contribution < 1.29 is 8.42 Å². The Morgan fingerprint density at radius 3 is 2.58 bits per heavy atom. The van der Waals surface area contributed by atoms with Gasteiger partial charge in [-0.3, -0.25) is 0 Å². The first-order valence-corrected chi connectivity index (χ1v) is 8.75. The first-order valence-electron chi connectivity index (χ1n) is 6.47. The van der Waals surface area contributed by atoms with Gasteiger partial charge in [0.2, 0.25) is 10.0 Å². The highest BCUT2D eigenvalue weighted by molar-refractivity contribution is 9.10. The summed E-state index contributed by atoms with van der Waals surface area (Å²) >= 11 is 3.26. The van der Waals surface area contributed by atoms with E-state index in [2.05, 4.69) is 20.7 Å². The van der Waals surface area contributed by atoms with Gasteiger partial charge in [0.1, 0.15) is 0 Å². The number of sulfonamides is 1. The molecule has 0 amide bonds. The normalized spacial score (nSPS) is 18.6. The van der Waals surface area contributed by atoms with E-state index in [1.807, 2.05) is 6.92 Å². The Morgan fingerprint density at radius 1 is 1.37 bits per heavy atom. The Balaban J connectivity index is 2.15. The highest BCUT2D eigenvalue weighted by atomic mass is 79.9. The van der Waals surface area contributed by atoms with E-state index in [1.54, 1.807) is 12.1 Å². The van der Waals surface area contributed by atoms with Crippen LogP contribution in [0.4, 0.5) is 5.69 Å². The van der Waals surface area contributed by atoms with Gasteiger partial charge in [-0.15, -0.1) is 0 Å². The summed E-state index contributed by atoms with van der Waals surface area (Å²) in [6, 6.07) is 4.67. The second-order valence-electron chi connectivity index (χ2n) is 5.14. The average Bonchev–Trinajstić information content (AvgIpc) is 2.85. The van der Waals surface area contributed by atoms with Crippen LogP contribution in [-0.2, 0) is 10.0 Å². The molecule has 1 aromatic carbocycles. The highest BCUT2D eigenvalue weighted by Gasteiger charge is 2.26. The number of rotatable bonds is 4. The van der Waals surface area contributed by atoms with Gasteiger partial charge in [-0.1, -0.05) is 12.8 Å². The second kappa shape index (κ2) is 5.81. The van der Waals surface area contributed by atoms with Gasteiger partial charge in [0.05, 0.1) is 4.90 Å². The highest BCUT2D eigenvalue weighted by Crippen LogP contribution is 2.29. The van der Waals surface area contributed by atoms with E-state index in [0.717, 1.165) is 12.8 Å². The topological polar surface area (TPSA) is 72.2 Å². The molecule has 1 aliphatic rings. The zero-order valence-corrected chi connectivity index (χ0v) is 13.3. The van der Waals surface area contributed by atoms with Crippen LogP contribution in [-0.4, -0.2) is 14.5 Å². The van der Waals surface area contributed by atoms with Crippen LogP contribution >= 0.6 is 15.9 Å². The van der Waals surface area contributed by atoms with Gasteiger partial charge < -0.3 is 5.73 Å². The molecule has 4 nitrogen and oxygen atoms in total. The van der Waals surface area contributed by atoms with Gasteiger partial charge in [0, 0.05) is 16.2 Å². The Kier molecular flexibility index (Phi) is 4.53. The number of nitrogens with two attached hydrogens (primary N) is 1. The molecule has 0 saturated heterocycles. The molecule has 0 heterocycles. The molecule has 0 aromatic heterocycles. The maximum Gasteiger partial charge on any atom is 0.240 e.